The van der Waals surface area contributed by atoms with Gasteiger partial charge < -0.3 is 5.32 Å². The summed E-state index contributed by atoms with van der Waals surface area (Å²) in [5.74, 6) is 1.07. The fraction of sp³-hybridized carbons (Fsp3) is 0.375. The maximum Gasteiger partial charge on any atom is 0.243 e. The van der Waals surface area contributed by atoms with Crippen LogP contribution in [0.4, 0.5) is 0 Å². The number of benzene rings is 1. The van der Waals surface area contributed by atoms with Gasteiger partial charge in [0.2, 0.25) is 10.0 Å². The molecule has 1 aliphatic rings. The summed E-state index contributed by atoms with van der Waals surface area (Å²) in [7, 11) is -3.55. The van der Waals surface area contributed by atoms with E-state index >= 15 is 0 Å². The van der Waals surface area contributed by atoms with E-state index in [0.29, 0.717) is 18.3 Å². The van der Waals surface area contributed by atoms with Gasteiger partial charge in [-0.1, -0.05) is 30.3 Å². The third-order valence-electron chi connectivity index (χ3n) is 3.98. The number of hydrogen-bond donors (Lipinski definition) is 2. The van der Waals surface area contributed by atoms with Gasteiger partial charge in [-0.15, -0.1) is 12.4 Å². The molecule has 1 fully saturated rings. The topological polar surface area (TPSA) is 84.0 Å². The van der Waals surface area contributed by atoms with Crippen LogP contribution in [0, 0.1) is 5.92 Å². The number of hydrogen-bond acceptors (Lipinski definition) is 5. The molecule has 24 heavy (non-hydrogen) atoms. The van der Waals surface area contributed by atoms with Crippen LogP contribution in [-0.4, -0.2) is 38.0 Å². The van der Waals surface area contributed by atoms with E-state index in [1.807, 2.05) is 30.3 Å². The zero-order valence-electron chi connectivity index (χ0n) is 13.2. The third-order valence-corrected chi connectivity index (χ3v) is 5.39. The predicted molar refractivity (Wildman–Crippen MR) is 95.5 cm³/mol. The molecule has 0 spiro atoms. The predicted octanol–water partition coefficient (Wildman–Crippen LogP) is 1.84. The highest BCUT2D eigenvalue weighted by Gasteiger charge is 2.18. The molecule has 0 amide bonds. The first-order chi connectivity index (χ1) is 11.1. The lowest BCUT2D eigenvalue weighted by molar-refractivity contribution is 0.519. The van der Waals surface area contributed by atoms with E-state index < -0.39 is 10.0 Å². The first-order valence-corrected chi connectivity index (χ1v) is 9.21. The summed E-state index contributed by atoms with van der Waals surface area (Å²) >= 11 is 0. The molecule has 3 rings (SSSR count). The minimum absolute atomic E-state index is 0. The largest absolute Gasteiger partial charge is 0.316 e. The first-order valence-electron chi connectivity index (χ1n) is 7.73. The molecule has 1 atom stereocenters. The van der Waals surface area contributed by atoms with Gasteiger partial charge in [0.15, 0.2) is 5.82 Å². The van der Waals surface area contributed by atoms with Crippen LogP contribution in [0.2, 0.25) is 0 Å². The van der Waals surface area contributed by atoms with Gasteiger partial charge in [0, 0.05) is 12.1 Å². The molecule has 1 unspecified atom stereocenters. The molecule has 1 aliphatic heterocycles. The van der Waals surface area contributed by atoms with E-state index in [9.17, 15) is 8.42 Å². The summed E-state index contributed by atoms with van der Waals surface area (Å²) in [6.45, 7) is 2.43. The molecule has 1 aromatic heterocycles. The average Bonchev–Trinajstić information content (AvgIpc) is 3.09. The molecular weight excluding hydrogens is 348 g/mol. The fourth-order valence-electron chi connectivity index (χ4n) is 2.63. The van der Waals surface area contributed by atoms with Gasteiger partial charge in [-0.2, -0.15) is 0 Å². The second-order valence-corrected chi connectivity index (χ2v) is 7.42. The van der Waals surface area contributed by atoms with Crippen molar-refractivity contribution in [3.63, 3.8) is 0 Å². The number of halogens is 1. The SMILES string of the molecule is Cl.O=S(=O)(NCCC1CCNC1)c1cnc(-c2ccccc2)nc1. The summed E-state index contributed by atoms with van der Waals surface area (Å²) in [6, 6.07) is 9.46. The maximum atomic E-state index is 12.2. The van der Waals surface area contributed by atoms with Crippen molar-refractivity contribution in [2.75, 3.05) is 19.6 Å². The van der Waals surface area contributed by atoms with Gasteiger partial charge in [-0.25, -0.2) is 23.1 Å². The number of nitrogens with zero attached hydrogens (tertiary/aromatic N) is 2. The molecular formula is C16H21ClN4O2S. The summed E-state index contributed by atoms with van der Waals surface area (Å²) in [5, 5.41) is 3.28. The Kier molecular flexibility index (Phi) is 6.68. The van der Waals surface area contributed by atoms with E-state index in [2.05, 4.69) is 20.0 Å². The first kappa shape index (κ1) is 18.8. The highest BCUT2D eigenvalue weighted by atomic mass is 35.5. The van der Waals surface area contributed by atoms with Crippen LogP contribution in [0.5, 0.6) is 0 Å². The lowest BCUT2D eigenvalue weighted by atomic mass is 10.1. The van der Waals surface area contributed by atoms with Crippen LogP contribution in [-0.2, 0) is 10.0 Å². The van der Waals surface area contributed by atoms with E-state index in [1.54, 1.807) is 0 Å². The van der Waals surface area contributed by atoms with Crippen molar-refractivity contribution >= 4 is 22.4 Å². The number of aromatic nitrogens is 2. The Balaban J connectivity index is 0.00000208. The minimum atomic E-state index is -3.55. The van der Waals surface area contributed by atoms with E-state index in [0.717, 1.165) is 31.5 Å². The second-order valence-electron chi connectivity index (χ2n) is 5.65. The lowest BCUT2D eigenvalue weighted by Crippen LogP contribution is -2.27. The summed E-state index contributed by atoms with van der Waals surface area (Å²) in [5.41, 5.74) is 0.859. The summed E-state index contributed by atoms with van der Waals surface area (Å²) in [4.78, 5) is 8.42. The maximum absolute atomic E-state index is 12.2. The van der Waals surface area contributed by atoms with Crippen molar-refractivity contribution in [3.8, 4) is 11.4 Å². The molecule has 2 heterocycles. The Bertz CT molecular complexity index is 732. The fourth-order valence-corrected chi connectivity index (χ4v) is 3.57. The van der Waals surface area contributed by atoms with Gasteiger partial charge >= 0.3 is 0 Å². The molecule has 6 nitrogen and oxygen atoms in total. The minimum Gasteiger partial charge on any atom is -0.316 e. The molecule has 0 saturated carbocycles. The van der Waals surface area contributed by atoms with Crippen molar-refractivity contribution in [1.82, 2.24) is 20.0 Å². The van der Waals surface area contributed by atoms with E-state index in [4.69, 9.17) is 0 Å². The van der Waals surface area contributed by atoms with Crippen molar-refractivity contribution in [2.45, 2.75) is 17.7 Å². The zero-order chi connectivity index (χ0) is 16.1. The van der Waals surface area contributed by atoms with E-state index in [-0.39, 0.29) is 17.3 Å². The standard InChI is InChI=1S/C16H20N4O2S.ClH/c21-23(22,20-9-7-13-6-8-17-10-13)15-11-18-16(19-12-15)14-4-2-1-3-5-14;/h1-5,11-13,17,20H,6-10H2;1H. The highest BCUT2D eigenvalue weighted by Crippen LogP contribution is 2.15. The second kappa shape index (κ2) is 8.53. The van der Waals surface area contributed by atoms with Gasteiger partial charge in [-0.3, -0.25) is 0 Å². The molecule has 130 valence electrons. The molecule has 2 N–H and O–H groups in total. The van der Waals surface area contributed by atoms with Crippen molar-refractivity contribution in [2.24, 2.45) is 5.92 Å². The molecule has 0 bridgehead atoms. The van der Waals surface area contributed by atoms with Crippen LogP contribution in [0.25, 0.3) is 11.4 Å². The van der Waals surface area contributed by atoms with Crippen LogP contribution in [0.1, 0.15) is 12.8 Å². The Hall–Kier alpha value is -1.54. The summed E-state index contributed by atoms with van der Waals surface area (Å²) in [6.07, 6.45) is 4.66. The normalized spacial score (nSPS) is 17.4. The Morgan fingerprint density at radius 3 is 2.50 bits per heavy atom. The van der Waals surface area contributed by atoms with Crippen LogP contribution >= 0.6 is 12.4 Å². The molecule has 0 aliphatic carbocycles. The molecule has 8 heteroatoms. The Morgan fingerprint density at radius 2 is 1.88 bits per heavy atom. The number of nitrogens with one attached hydrogen (secondary N) is 2. The van der Waals surface area contributed by atoms with Crippen LogP contribution in [0.15, 0.2) is 47.6 Å². The highest BCUT2D eigenvalue weighted by molar-refractivity contribution is 7.89. The van der Waals surface area contributed by atoms with Gasteiger partial charge in [0.25, 0.3) is 0 Å². The third kappa shape index (κ3) is 4.73. The zero-order valence-corrected chi connectivity index (χ0v) is 14.8. The van der Waals surface area contributed by atoms with Gasteiger partial charge in [0.1, 0.15) is 4.90 Å². The van der Waals surface area contributed by atoms with Gasteiger partial charge in [-0.05, 0) is 31.8 Å². The number of rotatable bonds is 6. The van der Waals surface area contributed by atoms with E-state index in [1.165, 1.54) is 12.4 Å². The van der Waals surface area contributed by atoms with Crippen molar-refractivity contribution < 1.29 is 8.42 Å². The molecule has 0 radical (unpaired) electrons. The quantitative estimate of drug-likeness (QED) is 0.812. The van der Waals surface area contributed by atoms with Crippen LogP contribution < -0.4 is 10.0 Å². The summed E-state index contributed by atoms with van der Waals surface area (Å²) < 4.78 is 27.1. The monoisotopic (exact) mass is 368 g/mol. The smallest absolute Gasteiger partial charge is 0.243 e. The average molecular weight is 369 g/mol. The molecule has 2 aromatic rings. The Labute approximate surface area is 148 Å². The van der Waals surface area contributed by atoms with Crippen LogP contribution in [0.3, 0.4) is 0 Å². The molecule has 1 aromatic carbocycles. The number of sulfonamides is 1. The van der Waals surface area contributed by atoms with Gasteiger partial charge in [0.05, 0.1) is 12.4 Å². The Morgan fingerprint density at radius 1 is 1.17 bits per heavy atom. The van der Waals surface area contributed by atoms with Crippen molar-refractivity contribution in [1.29, 1.82) is 0 Å². The van der Waals surface area contributed by atoms with Crippen molar-refractivity contribution in [3.05, 3.63) is 42.7 Å². The molecule has 1 saturated heterocycles. The lowest BCUT2D eigenvalue weighted by Gasteiger charge is -2.10.